The average molecular weight is 276 g/mol. The number of likely N-dealkylation sites (tertiary alicyclic amines) is 1. The van der Waals surface area contributed by atoms with Crippen molar-refractivity contribution in [1.82, 2.24) is 9.61 Å². The molecule has 6 nitrogen and oxygen atoms in total. The van der Waals surface area contributed by atoms with Gasteiger partial charge in [0.15, 0.2) is 5.82 Å². The molecule has 1 saturated heterocycles. The fraction of sp³-hybridized carbons (Fsp3) is 0.500. The van der Waals surface area contributed by atoms with E-state index < -0.39 is 0 Å². The van der Waals surface area contributed by atoms with Gasteiger partial charge in [-0.15, -0.1) is 5.10 Å². The maximum atomic E-state index is 9.32. The Morgan fingerprint density at radius 1 is 1.35 bits per heavy atom. The molecule has 1 aliphatic rings. The van der Waals surface area contributed by atoms with Gasteiger partial charge >= 0.3 is 0 Å². The van der Waals surface area contributed by atoms with Gasteiger partial charge in [-0.2, -0.15) is 0 Å². The summed E-state index contributed by atoms with van der Waals surface area (Å²) in [7, 11) is 2.31. The van der Waals surface area contributed by atoms with Crippen LogP contribution in [0.15, 0.2) is 24.4 Å². The van der Waals surface area contributed by atoms with Gasteiger partial charge < -0.3 is 9.80 Å². The molecule has 1 aliphatic heterocycles. The molecule has 2 aromatic heterocycles. The van der Waals surface area contributed by atoms with Crippen molar-refractivity contribution in [3.05, 3.63) is 24.4 Å². The first-order valence-corrected chi connectivity index (χ1v) is 7.17. The predicted molar refractivity (Wildman–Crippen MR) is 79.1 cm³/mol. The molecule has 20 heavy (non-hydrogen) atoms. The maximum Gasteiger partial charge on any atom is 0.175 e. The molecule has 0 saturated carbocycles. The summed E-state index contributed by atoms with van der Waals surface area (Å²) in [5, 5.41) is 17.1. The number of hydrogen-bond acceptors (Lipinski definition) is 4. The third-order valence-corrected chi connectivity index (χ3v) is 4.24. The van der Waals surface area contributed by atoms with Crippen LogP contribution in [0.25, 0.3) is 5.52 Å². The Balaban J connectivity index is 1.71. The number of anilines is 2. The number of likely N-dealkylation sites (N-methyl/N-ethyl adjacent to an activating group) is 1. The number of aromatic nitrogens is 2. The van der Waals surface area contributed by atoms with Crippen LogP contribution in [-0.4, -0.2) is 52.5 Å². The summed E-state index contributed by atoms with van der Waals surface area (Å²) < 4.78 is 2.88. The molecule has 0 spiro atoms. The summed E-state index contributed by atoms with van der Waals surface area (Å²) in [5.74, 6) is 0.699. The van der Waals surface area contributed by atoms with Gasteiger partial charge in [0, 0.05) is 19.0 Å². The SMILES string of the molecule is C[N+]1(CCNc2nn3ccccc3c2NO)CCCC1. The molecule has 0 aromatic carbocycles. The van der Waals surface area contributed by atoms with Crippen molar-refractivity contribution in [3.8, 4) is 0 Å². The highest BCUT2D eigenvalue weighted by Crippen LogP contribution is 2.25. The van der Waals surface area contributed by atoms with E-state index in [0.29, 0.717) is 11.5 Å². The predicted octanol–water partition coefficient (Wildman–Crippen LogP) is 1.79. The highest BCUT2D eigenvalue weighted by atomic mass is 16.5. The van der Waals surface area contributed by atoms with Crippen LogP contribution in [-0.2, 0) is 0 Å². The lowest BCUT2D eigenvalue weighted by molar-refractivity contribution is -0.895. The molecule has 0 amide bonds. The first kappa shape index (κ1) is 13.2. The summed E-state index contributed by atoms with van der Waals surface area (Å²) in [6, 6.07) is 5.77. The molecule has 3 N–H and O–H groups in total. The molecule has 6 heteroatoms. The second-order valence-electron chi connectivity index (χ2n) is 5.79. The van der Waals surface area contributed by atoms with Crippen LogP contribution < -0.4 is 10.8 Å². The van der Waals surface area contributed by atoms with E-state index >= 15 is 0 Å². The summed E-state index contributed by atoms with van der Waals surface area (Å²) in [6.07, 6.45) is 4.53. The minimum absolute atomic E-state index is 0.634. The van der Waals surface area contributed by atoms with E-state index in [9.17, 15) is 5.21 Å². The van der Waals surface area contributed by atoms with Crippen LogP contribution in [0.3, 0.4) is 0 Å². The van der Waals surface area contributed by atoms with Crippen molar-refractivity contribution in [1.29, 1.82) is 0 Å². The standard InChI is InChI=1S/C14H22N5O/c1-19(9-4-5-10-19)11-7-15-14-13(17-20)12-6-2-3-8-18(12)16-14/h2-3,6,8,17,20H,4-5,7,9-11H2,1H3,(H,15,16)/q+1. The number of hydrogen-bond donors (Lipinski definition) is 3. The minimum atomic E-state index is 0.634. The van der Waals surface area contributed by atoms with Crippen molar-refractivity contribution in [2.24, 2.45) is 0 Å². The Kier molecular flexibility index (Phi) is 3.50. The number of nitrogens with one attached hydrogen (secondary N) is 2. The van der Waals surface area contributed by atoms with Crippen LogP contribution in [0, 0.1) is 0 Å². The van der Waals surface area contributed by atoms with Gasteiger partial charge in [-0.3, -0.25) is 10.7 Å². The molecule has 0 unspecified atom stereocenters. The molecule has 108 valence electrons. The van der Waals surface area contributed by atoms with Gasteiger partial charge in [-0.05, 0) is 12.1 Å². The highest BCUT2D eigenvalue weighted by molar-refractivity contribution is 5.82. The quantitative estimate of drug-likeness (QED) is 0.575. The molecular formula is C14H22N5O+. The topological polar surface area (TPSA) is 61.6 Å². The van der Waals surface area contributed by atoms with Crippen molar-refractivity contribution in [3.63, 3.8) is 0 Å². The zero-order valence-electron chi connectivity index (χ0n) is 11.8. The Hall–Kier alpha value is -1.79. The molecule has 0 aliphatic carbocycles. The minimum Gasteiger partial charge on any atom is -0.361 e. The van der Waals surface area contributed by atoms with Crippen molar-refractivity contribution >= 4 is 17.0 Å². The number of nitrogens with zero attached hydrogens (tertiary/aromatic N) is 3. The lowest BCUT2D eigenvalue weighted by atomic mass is 10.3. The second kappa shape index (κ2) is 5.30. The van der Waals surface area contributed by atoms with E-state index in [1.54, 1.807) is 4.52 Å². The van der Waals surface area contributed by atoms with Gasteiger partial charge in [-0.25, -0.2) is 4.52 Å². The lowest BCUT2D eigenvalue weighted by Crippen LogP contribution is -2.44. The van der Waals surface area contributed by atoms with Crippen LogP contribution in [0.2, 0.25) is 0 Å². The highest BCUT2D eigenvalue weighted by Gasteiger charge is 2.26. The van der Waals surface area contributed by atoms with Crippen LogP contribution in [0.4, 0.5) is 11.5 Å². The zero-order valence-corrected chi connectivity index (χ0v) is 11.8. The number of pyridine rings is 1. The van der Waals surface area contributed by atoms with E-state index in [-0.39, 0.29) is 0 Å². The largest absolute Gasteiger partial charge is 0.361 e. The Labute approximate surface area is 118 Å². The number of quaternary nitrogens is 1. The molecular weight excluding hydrogens is 254 g/mol. The third kappa shape index (κ3) is 2.44. The van der Waals surface area contributed by atoms with Gasteiger partial charge in [0.2, 0.25) is 0 Å². The summed E-state index contributed by atoms with van der Waals surface area (Å²) in [6.45, 7) is 4.46. The Morgan fingerprint density at radius 3 is 2.90 bits per heavy atom. The second-order valence-corrected chi connectivity index (χ2v) is 5.79. The lowest BCUT2D eigenvalue weighted by Gasteiger charge is -2.29. The number of fused-ring (bicyclic) bond motifs is 1. The average Bonchev–Trinajstić information content (AvgIpc) is 3.02. The molecule has 1 fully saturated rings. The van der Waals surface area contributed by atoms with Gasteiger partial charge in [-0.1, -0.05) is 6.07 Å². The van der Waals surface area contributed by atoms with Crippen molar-refractivity contribution < 1.29 is 9.69 Å². The van der Waals surface area contributed by atoms with Gasteiger partial charge in [0.25, 0.3) is 0 Å². The van der Waals surface area contributed by atoms with Crippen molar-refractivity contribution in [2.75, 3.05) is 44.0 Å². The fourth-order valence-corrected chi connectivity index (χ4v) is 3.00. The fourth-order valence-electron chi connectivity index (χ4n) is 3.00. The Bertz CT molecular complexity index is 588. The molecule has 0 bridgehead atoms. The third-order valence-electron chi connectivity index (χ3n) is 4.24. The van der Waals surface area contributed by atoms with E-state index in [1.165, 1.54) is 25.9 Å². The molecule has 0 radical (unpaired) electrons. The normalized spacial score (nSPS) is 17.5. The van der Waals surface area contributed by atoms with E-state index in [4.69, 9.17) is 0 Å². The summed E-state index contributed by atoms with van der Waals surface area (Å²) >= 11 is 0. The van der Waals surface area contributed by atoms with Crippen molar-refractivity contribution in [2.45, 2.75) is 12.8 Å². The smallest absolute Gasteiger partial charge is 0.175 e. The van der Waals surface area contributed by atoms with Gasteiger partial charge in [0.05, 0.1) is 38.7 Å². The molecule has 2 aromatic rings. The maximum absolute atomic E-state index is 9.32. The van der Waals surface area contributed by atoms with E-state index in [0.717, 1.165) is 23.1 Å². The molecule has 0 atom stereocenters. The Morgan fingerprint density at radius 2 is 2.15 bits per heavy atom. The van der Waals surface area contributed by atoms with Gasteiger partial charge in [0.1, 0.15) is 5.69 Å². The first-order chi connectivity index (χ1) is 9.72. The summed E-state index contributed by atoms with van der Waals surface area (Å²) in [5.41, 5.74) is 3.75. The van der Waals surface area contributed by atoms with E-state index in [2.05, 4.69) is 22.9 Å². The zero-order chi connectivity index (χ0) is 14.0. The number of rotatable bonds is 5. The molecule has 3 heterocycles. The molecule has 3 rings (SSSR count). The monoisotopic (exact) mass is 276 g/mol. The van der Waals surface area contributed by atoms with Crippen LogP contribution in [0.5, 0.6) is 0 Å². The van der Waals surface area contributed by atoms with Crippen LogP contribution >= 0.6 is 0 Å². The first-order valence-electron chi connectivity index (χ1n) is 7.17. The van der Waals surface area contributed by atoms with E-state index in [1.807, 2.05) is 24.4 Å². The summed E-state index contributed by atoms with van der Waals surface area (Å²) in [4.78, 5) is 0. The van der Waals surface area contributed by atoms with Crippen LogP contribution in [0.1, 0.15) is 12.8 Å².